The molecule has 3 aromatic rings. The summed E-state index contributed by atoms with van der Waals surface area (Å²) in [6, 6.07) is 18.9. The minimum Gasteiger partial charge on any atom is -0.321 e. The number of fused-ring (bicyclic) bond motifs is 1. The van der Waals surface area contributed by atoms with Gasteiger partial charge in [-0.25, -0.2) is 0 Å². The molecular weight excluding hydrogens is 296 g/mol. The molecule has 1 fully saturated rings. The number of pyridine rings is 1. The van der Waals surface area contributed by atoms with Gasteiger partial charge in [0.15, 0.2) is 0 Å². The van der Waals surface area contributed by atoms with E-state index >= 15 is 0 Å². The molecule has 0 amide bonds. The minimum atomic E-state index is 0.0416. The highest BCUT2D eigenvalue weighted by Crippen LogP contribution is 2.27. The molecule has 4 rings (SSSR count). The van der Waals surface area contributed by atoms with Crippen molar-refractivity contribution in [1.29, 1.82) is 0 Å². The average Bonchev–Trinajstić information content (AvgIpc) is 3.06. The molecule has 1 aliphatic heterocycles. The van der Waals surface area contributed by atoms with Gasteiger partial charge < -0.3 is 4.98 Å². The summed E-state index contributed by atoms with van der Waals surface area (Å²) < 4.78 is 0. The van der Waals surface area contributed by atoms with Crippen LogP contribution in [-0.2, 0) is 6.54 Å². The predicted octanol–water partition coefficient (Wildman–Crippen LogP) is 3.83. The molecule has 0 radical (unpaired) electrons. The van der Waals surface area contributed by atoms with Crippen LogP contribution in [0.15, 0.2) is 59.4 Å². The second-order valence-electron chi connectivity index (χ2n) is 6.79. The Morgan fingerprint density at radius 1 is 1.12 bits per heavy atom. The van der Waals surface area contributed by atoms with Gasteiger partial charge in [-0.1, -0.05) is 48.5 Å². The van der Waals surface area contributed by atoms with E-state index < -0.39 is 0 Å². The van der Waals surface area contributed by atoms with E-state index in [2.05, 4.69) is 52.3 Å². The van der Waals surface area contributed by atoms with Gasteiger partial charge in [-0.15, -0.1) is 0 Å². The molecule has 1 atom stereocenters. The lowest BCUT2D eigenvalue weighted by molar-refractivity contribution is 0.325. The Bertz CT molecular complexity index is 914. The Morgan fingerprint density at radius 3 is 2.79 bits per heavy atom. The summed E-state index contributed by atoms with van der Waals surface area (Å²) in [7, 11) is 0. The van der Waals surface area contributed by atoms with Crippen molar-refractivity contribution in [2.45, 2.75) is 25.8 Å². The number of hydrogen-bond acceptors (Lipinski definition) is 2. The van der Waals surface area contributed by atoms with Crippen LogP contribution in [0, 0.1) is 6.92 Å². The van der Waals surface area contributed by atoms with Crippen molar-refractivity contribution in [3.05, 3.63) is 81.6 Å². The number of hydrogen-bond donors (Lipinski definition) is 1. The summed E-state index contributed by atoms with van der Waals surface area (Å²) in [4.78, 5) is 17.9. The van der Waals surface area contributed by atoms with E-state index in [0.29, 0.717) is 5.92 Å². The highest BCUT2D eigenvalue weighted by Gasteiger charge is 2.24. The predicted molar refractivity (Wildman–Crippen MR) is 98.4 cm³/mol. The molecule has 2 aromatic carbocycles. The van der Waals surface area contributed by atoms with E-state index in [9.17, 15) is 4.79 Å². The molecule has 1 N–H and O–H groups in total. The lowest BCUT2D eigenvalue weighted by Gasteiger charge is -2.16. The third kappa shape index (κ3) is 2.87. The average molecular weight is 318 g/mol. The number of nitrogens with zero attached hydrogens (tertiary/aromatic N) is 1. The molecular formula is C21H22N2O. The highest BCUT2D eigenvalue weighted by atomic mass is 16.1. The molecule has 2 heterocycles. The first-order valence-electron chi connectivity index (χ1n) is 8.59. The first kappa shape index (κ1) is 15.2. The van der Waals surface area contributed by atoms with E-state index in [1.54, 1.807) is 0 Å². The largest absolute Gasteiger partial charge is 0.321 e. The maximum absolute atomic E-state index is 12.4. The van der Waals surface area contributed by atoms with Crippen molar-refractivity contribution < 1.29 is 0 Å². The molecule has 1 aromatic heterocycles. The van der Waals surface area contributed by atoms with Crippen LogP contribution in [0.2, 0.25) is 0 Å². The Kier molecular flexibility index (Phi) is 3.95. The van der Waals surface area contributed by atoms with Crippen molar-refractivity contribution in [3.8, 4) is 0 Å². The summed E-state index contributed by atoms with van der Waals surface area (Å²) in [5.41, 5.74) is 4.38. The molecule has 0 unspecified atom stereocenters. The number of H-pyrrole nitrogens is 1. The first-order chi connectivity index (χ1) is 11.7. The number of benzene rings is 2. The van der Waals surface area contributed by atoms with E-state index in [1.165, 1.54) is 5.56 Å². The van der Waals surface area contributed by atoms with Gasteiger partial charge in [0.1, 0.15) is 0 Å². The number of aromatic nitrogens is 1. The number of nitrogens with one attached hydrogen (secondary N) is 1. The molecule has 0 saturated carbocycles. The first-order valence-corrected chi connectivity index (χ1v) is 8.59. The van der Waals surface area contributed by atoms with Crippen molar-refractivity contribution in [1.82, 2.24) is 9.88 Å². The van der Waals surface area contributed by atoms with Gasteiger partial charge in [0.25, 0.3) is 5.56 Å². The summed E-state index contributed by atoms with van der Waals surface area (Å²) in [6.45, 7) is 4.82. The van der Waals surface area contributed by atoms with Crippen molar-refractivity contribution in [3.63, 3.8) is 0 Å². The van der Waals surface area contributed by atoms with Gasteiger partial charge >= 0.3 is 0 Å². The fourth-order valence-electron chi connectivity index (χ4n) is 3.76. The van der Waals surface area contributed by atoms with Crippen molar-refractivity contribution in [2.75, 3.05) is 13.1 Å². The third-order valence-corrected chi connectivity index (χ3v) is 5.10. The van der Waals surface area contributed by atoms with Crippen LogP contribution >= 0.6 is 0 Å². The number of aromatic amines is 1. The number of para-hydroxylation sites is 1. The van der Waals surface area contributed by atoms with E-state index in [1.807, 2.05) is 19.1 Å². The normalized spacial score (nSPS) is 18.3. The molecule has 3 nitrogen and oxygen atoms in total. The molecule has 1 aliphatic rings. The van der Waals surface area contributed by atoms with Gasteiger partial charge in [0, 0.05) is 18.7 Å². The third-order valence-electron chi connectivity index (χ3n) is 5.10. The zero-order valence-corrected chi connectivity index (χ0v) is 14.0. The lowest BCUT2D eigenvalue weighted by Crippen LogP contribution is -2.25. The zero-order valence-electron chi connectivity index (χ0n) is 14.0. The molecule has 122 valence electrons. The van der Waals surface area contributed by atoms with Gasteiger partial charge in [-0.3, -0.25) is 9.69 Å². The van der Waals surface area contributed by atoms with Crippen LogP contribution in [0.1, 0.15) is 29.0 Å². The van der Waals surface area contributed by atoms with Crippen molar-refractivity contribution in [2.24, 2.45) is 0 Å². The van der Waals surface area contributed by atoms with Gasteiger partial charge in [0.2, 0.25) is 0 Å². The maximum atomic E-state index is 12.4. The quantitative estimate of drug-likeness (QED) is 0.797. The van der Waals surface area contributed by atoms with Crippen LogP contribution < -0.4 is 5.56 Å². The fraction of sp³-hybridized carbons (Fsp3) is 0.286. The van der Waals surface area contributed by atoms with Gasteiger partial charge in [-0.2, -0.15) is 0 Å². The fourth-order valence-corrected chi connectivity index (χ4v) is 3.76. The minimum absolute atomic E-state index is 0.0416. The summed E-state index contributed by atoms with van der Waals surface area (Å²) in [5, 5.41) is 1.11. The standard InChI is InChI=1S/C21H22N2O/c1-15-6-5-9-17-12-19(21(24)22-20(15)17)14-23-11-10-18(13-23)16-7-3-2-4-8-16/h2-9,12,18H,10-11,13-14H2,1H3,(H,22,24)/t18-/m0/s1. The lowest BCUT2D eigenvalue weighted by atomic mass is 9.99. The van der Waals surface area contributed by atoms with Crippen LogP contribution in [0.25, 0.3) is 10.9 Å². The van der Waals surface area contributed by atoms with Crippen LogP contribution in [0.3, 0.4) is 0 Å². The summed E-state index contributed by atoms with van der Waals surface area (Å²) >= 11 is 0. The van der Waals surface area contributed by atoms with Crippen LogP contribution in [0.5, 0.6) is 0 Å². The van der Waals surface area contributed by atoms with Gasteiger partial charge in [0.05, 0.1) is 5.52 Å². The molecule has 0 aliphatic carbocycles. The maximum Gasteiger partial charge on any atom is 0.252 e. The molecule has 1 saturated heterocycles. The molecule has 24 heavy (non-hydrogen) atoms. The Morgan fingerprint density at radius 2 is 1.96 bits per heavy atom. The summed E-state index contributed by atoms with van der Waals surface area (Å²) in [5.74, 6) is 0.577. The number of rotatable bonds is 3. The summed E-state index contributed by atoms with van der Waals surface area (Å²) in [6.07, 6.45) is 1.16. The number of likely N-dealkylation sites (tertiary alicyclic amines) is 1. The number of aryl methyl sites for hydroxylation is 1. The second-order valence-corrected chi connectivity index (χ2v) is 6.79. The highest BCUT2D eigenvalue weighted by molar-refractivity contribution is 5.81. The molecule has 3 heteroatoms. The molecule has 0 bridgehead atoms. The van der Waals surface area contributed by atoms with Gasteiger partial charge in [-0.05, 0) is 48.4 Å². The topological polar surface area (TPSA) is 36.1 Å². The second kappa shape index (κ2) is 6.25. The Balaban J connectivity index is 1.55. The van der Waals surface area contributed by atoms with E-state index in [-0.39, 0.29) is 5.56 Å². The Hall–Kier alpha value is -2.39. The van der Waals surface area contributed by atoms with Crippen molar-refractivity contribution >= 4 is 10.9 Å². The van der Waals surface area contributed by atoms with Crippen LogP contribution in [0.4, 0.5) is 0 Å². The van der Waals surface area contributed by atoms with Crippen LogP contribution in [-0.4, -0.2) is 23.0 Å². The zero-order chi connectivity index (χ0) is 16.5. The smallest absolute Gasteiger partial charge is 0.252 e. The monoisotopic (exact) mass is 318 g/mol. The SMILES string of the molecule is Cc1cccc2cc(CN3CC[C@H](c4ccccc4)C3)c(=O)[nH]c12. The Labute approximate surface area is 141 Å². The van der Waals surface area contributed by atoms with E-state index in [4.69, 9.17) is 0 Å². The molecule has 0 spiro atoms. The van der Waals surface area contributed by atoms with E-state index in [0.717, 1.165) is 48.1 Å².